The third-order valence-electron chi connectivity index (χ3n) is 1.58. The normalized spacial score (nSPS) is 9.57. The highest BCUT2D eigenvalue weighted by molar-refractivity contribution is 5.92. The number of carbonyl (C=O) groups excluding carboxylic acids is 1. The molecule has 0 amide bonds. The molecule has 1 aromatic carbocycles. The molecule has 76 valence electrons. The van der Waals surface area contributed by atoms with E-state index in [-0.39, 0.29) is 0 Å². The van der Waals surface area contributed by atoms with Gasteiger partial charge in [0.1, 0.15) is 11.3 Å². The van der Waals surface area contributed by atoms with Crippen molar-refractivity contribution in [3.05, 3.63) is 29.8 Å². The third-order valence-corrected chi connectivity index (χ3v) is 1.58. The predicted molar refractivity (Wildman–Crippen MR) is 50.0 cm³/mol. The summed E-state index contributed by atoms with van der Waals surface area (Å²) in [5.74, 6) is -0.0819. The molecule has 1 rings (SSSR count). The van der Waals surface area contributed by atoms with Crippen molar-refractivity contribution >= 4 is 5.97 Å². The van der Waals surface area contributed by atoms with Crippen molar-refractivity contribution in [2.45, 2.75) is 6.92 Å². The maximum absolute atomic E-state index is 11.4. The topological polar surface area (TPSA) is 44.8 Å². The molecule has 0 heterocycles. The molecular weight excluding hydrogens is 184 g/mol. The van der Waals surface area contributed by atoms with Crippen molar-refractivity contribution in [3.8, 4) is 5.75 Å². The molecule has 0 saturated heterocycles. The molecule has 0 radical (unpaired) electrons. The number of carbonyl (C=O) groups is 1. The number of benzene rings is 1. The van der Waals surface area contributed by atoms with E-state index >= 15 is 0 Å². The molecule has 4 heteroatoms. The second-order valence-corrected chi connectivity index (χ2v) is 2.48. The van der Waals surface area contributed by atoms with E-state index < -0.39 is 5.97 Å². The standard InChI is InChI=1S/C10H12O4/c1-3-13-14-10(11)8-6-4-5-7-9(8)12-2/h4-7H,3H2,1-2H3. The molecule has 0 aliphatic rings. The van der Waals surface area contributed by atoms with Crippen molar-refractivity contribution in [2.24, 2.45) is 0 Å². The van der Waals surface area contributed by atoms with Crippen LogP contribution >= 0.6 is 0 Å². The molecule has 0 spiro atoms. The van der Waals surface area contributed by atoms with Gasteiger partial charge in [-0.2, -0.15) is 4.89 Å². The van der Waals surface area contributed by atoms with Crippen LogP contribution in [0.2, 0.25) is 0 Å². The first-order valence-electron chi connectivity index (χ1n) is 4.26. The van der Waals surface area contributed by atoms with Crippen LogP contribution in [-0.2, 0) is 9.78 Å². The molecule has 0 fully saturated rings. The van der Waals surface area contributed by atoms with Crippen LogP contribution in [0.1, 0.15) is 17.3 Å². The second kappa shape index (κ2) is 5.24. The molecular formula is C10H12O4. The molecule has 0 bridgehead atoms. The highest BCUT2D eigenvalue weighted by Crippen LogP contribution is 2.17. The summed E-state index contributed by atoms with van der Waals surface area (Å²) in [7, 11) is 1.49. The smallest absolute Gasteiger partial charge is 0.376 e. The molecule has 0 unspecified atom stereocenters. The maximum atomic E-state index is 11.4. The Hall–Kier alpha value is -1.55. The summed E-state index contributed by atoms with van der Waals surface area (Å²) in [5, 5.41) is 0. The fourth-order valence-electron chi connectivity index (χ4n) is 0.971. The Kier molecular flexibility index (Phi) is 3.94. The van der Waals surface area contributed by atoms with E-state index in [4.69, 9.17) is 4.74 Å². The Morgan fingerprint density at radius 1 is 1.36 bits per heavy atom. The largest absolute Gasteiger partial charge is 0.496 e. The average Bonchev–Trinajstić information content (AvgIpc) is 2.25. The Balaban J connectivity index is 2.78. The number of hydrogen-bond donors (Lipinski definition) is 0. The van der Waals surface area contributed by atoms with Crippen LogP contribution in [0.5, 0.6) is 5.75 Å². The first-order valence-corrected chi connectivity index (χ1v) is 4.26. The molecule has 14 heavy (non-hydrogen) atoms. The van der Waals surface area contributed by atoms with Gasteiger partial charge in [0.2, 0.25) is 0 Å². The monoisotopic (exact) mass is 196 g/mol. The van der Waals surface area contributed by atoms with Crippen LogP contribution in [0, 0.1) is 0 Å². The van der Waals surface area contributed by atoms with E-state index in [1.165, 1.54) is 7.11 Å². The zero-order chi connectivity index (χ0) is 10.4. The van der Waals surface area contributed by atoms with E-state index in [9.17, 15) is 4.79 Å². The van der Waals surface area contributed by atoms with Crippen LogP contribution in [0.3, 0.4) is 0 Å². The van der Waals surface area contributed by atoms with Gasteiger partial charge in [-0.05, 0) is 19.1 Å². The zero-order valence-corrected chi connectivity index (χ0v) is 8.15. The maximum Gasteiger partial charge on any atom is 0.376 e. The summed E-state index contributed by atoms with van der Waals surface area (Å²) in [5.41, 5.74) is 0.350. The van der Waals surface area contributed by atoms with E-state index in [2.05, 4.69) is 9.78 Å². The predicted octanol–water partition coefficient (Wildman–Crippen LogP) is 1.80. The van der Waals surface area contributed by atoms with E-state index in [0.29, 0.717) is 17.9 Å². The number of hydrogen-bond acceptors (Lipinski definition) is 4. The Morgan fingerprint density at radius 3 is 2.71 bits per heavy atom. The van der Waals surface area contributed by atoms with Crippen LogP contribution in [0.15, 0.2) is 24.3 Å². The lowest BCUT2D eigenvalue weighted by atomic mass is 10.2. The second-order valence-electron chi connectivity index (χ2n) is 2.48. The molecule has 0 atom stereocenters. The minimum Gasteiger partial charge on any atom is -0.496 e. The Bertz CT molecular complexity index is 309. The van der Waals surface area contributed by atoms with Gasteiger partial charge in [0.05, 0.1) is 13.7 Å². The van der Waals surface area contributed by atoms with Gasteiger partial charge >= 0.3 is 5.97 Å². The number of methoxy groups -OCH3 is 1. The highest BCUT2D eigenvalue weighted by atomic mass is 17.2. The highest BCUT2D eigenvalue weighted by Gasteiger charge is 2.13. The van der Waals surface area contributed by atoms with Crippen LogP contribution < -0.4 is 4.74 Å². The summed E-state index contributed by atoms with van der Waals surface area (Å²) in [6.07, 6.45) is 0. The van der Waals surface area contributed by atoms with Crippen LogP contribution in [0.4, 0.5) is 0 Å². The van der Waals surface area contributed by atoms with Gasteiger partial charge in [-0.3, -0.25) is 4.89 Å². The lowest BCUT2D eigenvalue weighted by molar-refractivity contribution is -0.236. The number of para-hydroxylation sites is 1. The minimum absolute atomic E-state index is 0.320. The quantitative estimate of drug-likeness (QED) is 0.544. The molecule has 0 aromatic heterocycles. The zero-order valence-electron chi connectivity index (χ0n) is 8.15. The Morgan fingerprint density at radius 2 is 2.07 bits per heavy atom. The summed E-state index contributed by atoms with van der Waals surface area (Å²) in [4.78, 5) is 20.4. The van der Waals surface area contributed by atoms with Gasteiger partial charge in [-0.15, -0.1) is 0 Å². The van der Waals surface area contributed by atoms with Crippen molar-refractivity contribution < 1.29 is 19.3 Å². The van der Waals surface area contributed by atoms with Gasteiger partial charge in [-0.25, -0.2) is 4.79 Å². The fourth-order valence-corrected chi connectivity index (χ4v) is 0.971. The average molecular weight is 196 g/mol. The van der Waals surface area contributed by atoms with Gasteiger partial charge in [0.25, 0.3) is 0 Å². The molecule has 0 aliphatic carbocycles. The van der Waals surface area contributed by atoms with Crippen LogP contribution in [0.25, 0.3) is 0 Å². The van der Waals surface area contributed by atoms with Crippen molar-refractivity contribution in [2.75, 3.05) is 13.7 Å². The van der Waals surface area contributed by atoms with E-state index in [0.717, 1.165) is 0 Å². The Labute approximate surface area is 82.3 Å². The number of ether oxygens (including phenoxy) is 1. The molecule has 4 nitrogen and oxygen atoms in total. The number of rotatable bonds is 4. The van der Waals surface area contributed by atoms with E-state index in [1.54, 1.807) is 31.2 Å². The first kappa shape index (κ1) is 10.5. The first-order chi connectivity index (χ1) is 6.79. The molecule has 0 aliphatic heterocycles. The van der Waals surface area contributed by atoms with Crippen molar-refractivity contribution in [1.29, 1.82) is 0 Å². The summed E-state index contributed by atoms with van der Waals surface area (Å²) in [6, 6.07) is 6.80. The van der Waals surface area contributed by atoms with E-state index in [1.807, 2.05) is 0 Å². The molecule has 1 aromatic rings. The molecule has 0 N–H and O–H groups in total. The molecule has 0 saturated carbocycles. The fraction of sp³-hybridized carbons (Fsp3) is 0.300. The van der Waals surface area contributed by atoms with Gasteiger partial charge in [0, 0.05) is 0 Å². The summed E-state index contributed by atoms with van der Waals surface area (Å²) in [6.45, 7) is 2.05. The van der Waals surface area contributed by atoms with Crippen molar-refractivity contribution in [3.63, 3.8) is 0 Å². The lowest BCUT2D eigenvalue weighted by Gasteiger charge is -2.05. The van der Waals surface area contributed by atoms with Gasteiger partial charge in [-0.1, -0.05) is 12.1 Å². The minimum atomic E-state index is -0.552. The third kappa shape index (κ3) is 2.47. The van der Waals surface area contributed by atoms with Crippen LogP contribution in [-0.4, -0.2) is 19.7 Å². The lowest BCUT2D eigenvalue weighted by Crippen LogP contribution is -2.07. The van der Waals surface area contributed by atoms with Gasteiger partial charge < -0.3 is 4.74 Å². The SMILES string of the molecule is CCOOC(=O)c1ccccc1OC. The van der Waals surface area contributed by atoms with Crippen molar-refractivity contribution in [1.82, 2.24) is 0 Å². The summed E-state index contributed by atoms with van der Waals surface area (Å²) < 4.78 is 4.99. The van der Waals surface area contributed by atoms with Gasteiger partial charge in [0.15, 0.2) is 0 Å². The summed E-state index contributed by atoms with van der Waals surface area (Å²) >= 11 is 0.